The maximum atomic E-state index is 12.5. The van der Waals surface area contributed by atoms with E-state index in [2.05, 4.69) is 4.98 Å². The number of hydrogen-bond donors (Lipinski definition) is 0. The third kappa shape index (κ3) is 4.01. The lowest BCUT2D eigenvalue weighted by Gasteiger charge is -2.10. The maximum Gasteiger partial charge on any atom is 0.417 e. The van der Waals surface area contributed by atoms with E-state index in [1.165, 1.54) is 0 Å². The van der Waals surface area contributed by atoms with Crippen LogP contribution in [-0.2, 0) is 12.8 Å². The highest BCUT2D eigenvalue weighted by Gasteiger charge is 2.31. The molecule has 0 saturated carbocycles. The van der Waals surface area contributed by atoms with Crippen LogP contribution in [0.15, 0.2) is 36.5 Å². The molecule has 1 heterocycles. The largest absolute Gasteiger partial charge is 0.497 e. The molecule has 7 heteroatoms. The zero-order valence-electron chi connectivity index (χ0n) is 10.9. The van der Waals surface area contributed by atoms with Crippen LogP contribution in [0.2, 0.25) is 5.02 Å². The van der Waals surface area contributed by atoms with Crippen LogP contribution in [0.4, 0.5) is 13.2 Å². The number of nitrogens with zero attached hydrogens (tertiary/aromatic N) is 1. The number of ether oxygens (including phenoxy) is 2. The molecule has 1 aromatic heterocycles. The molecule has 112 valence electrons. The van der Waals surface area contributed by atoms with E-state index in [0.29, 0.717) is 11.5 Å². The van der Waals surface area contributed by atoms with E-state index < -0.39 is 11.7 Å². The first-order chi connectivity index (χ1) is 9.90. The molecule has 0 saturated heterocycles. The van der Waals surface area contributed by atoms with Gasteiger partial charge in [0.25, 0.3) is 0 Å². The van der Waals surface area contributed by atoms with Gasteiger partial charge in [0, 0.05) is 6.20 Å². The highest BCUT2D eigenvalue weighted by atomic mass is 35.5. The van der Waals surface area contributed by atoms with Crippen LogP contribution in [0.5, 0.6) is 11.5 Å². The van der Waals surface area contributed by atoms with Gasteiger partial charge in [-0.3, -0.25) is 4.98 Å². The van der Waals surface area contributed by atoms with Gasteiger partial charge >= 0.3 is 6.18 Å². The maximum absolute atomic E-state index is 12.5. The van der Waals surface area contributed by atoms with Crippen molar-refractivity contribution in [2.75, 3.05) is 7.11 Å². The van der Waals surface area contributed by atoms with E-state index in [1.807, 2.05) is 0 Å². The van der Waals surface area contributed by atoms with Crippen LogP contribution in [0.1, 0.15) is 11.3 Å². The van der Waals surface area contributed by atoms with Crippen LogP contribution in [0.3, 0.4) is 0 Å². The molecule has 2 rings (SSSR count). The van der Waals surface area contributed by atoms with Crippen molar-refractivity contribution in [3.8, 4) is 11.5 Å². The van der Waals surface area contributed by atoms with E-state index in [0.717, 1.165) is 12.3 Å². The van der Waals surface area contributed by atoms with Crippen LogP contribution >= 0.6 is 11.6 Å². The smallest absolute Gasteiger partial charge is 0.417 e. The summed E-state index contributed by atoms with van der Waals surface area (Å²) in [6.07, 6.45) is -3.73. The van der Waals surface area contributed by atoms with E-state index in [4.69, 9.17) is 21.1 Å². The van der Waals surface area contributed by atoms with Crippen molar-refractivity contribution in [1.82, 2.24) is 4.98 Å². The van der Waals surface area contributed by atoms with Crippen molar-refractivity contribution < 1.29 is 22.6 Å². The molecule has 0 amide bonds. The van der Waals surface area contributed by atoms with Crippen molar-refractivity contribution in [3.05, 3.63) is 52.8 Å². The summed E-state index contributed by atoms with van der Waals surface area (Å²) in [5, 5.41) is -0.0849. The average molecular weight is 318 g/mol. The summed E-state index contributed by atoms with van der Waals surface area (Å²) < 4.78 is 47.9. The highest BCUT2D eigenvalue weighted by molar-refractivity contribution is 6.31. The molecule has 1 aromatic carbocycles. The van der Waals surface area contributed by atoms with Gasteiger partial charge in [-0.25, -0.2) is 0 Å². The first kappa shape index (κ1) is 15.4. The Kier molecular flexibility index (Phi) is 4.57. The molecule has 21 heavy (non-hydrogen) atoms. The summed E-state index contributed by atoms with van der Waals surface area (Å²) in [5.74, 6) is 1.21. The zero-order valence-corrected chi connectivity index (χ0v) is 11.7. The number of benzene rings is 1. The molecule has 0 bridgehead atoms. The van der Waals surface area contributed by atoms with Crippen molar-refractivity contribution in [1.29, 1.82) is 0 Å². The molecule has 3 nitrogen and oxygen atoms in total. The first-order valence-corrected chi connectivity index (χ1v) is 6.26. The van der Waals surface area contributed by atoms with Crippen LogP contribution in [0.25, 0.3) is 0 Å². The van der Waals surface area contributed by atoms with Crippen LogP contribution in [0, 0.1) is 0 Å². The summed E-state index contributed by atoms with van der Waals surface area (Å²) in [4.78, 5) is 3.69. The summed E-state index contributed by atoms with van der Waals surface area (Å²) in [6.45, 7) is -0.0245. The van der Waals surface area contributed by atoms with Gasteiger partial charge in [0.2, 0.25) is 0 Å². The van der Waals surface area contributed by atoms with Gasteiger partial charge in [-0.05, 0) is 30.3 Å². The van der Waals surface area contributed by atoms with Gasteiger partial charge in [0.1, 0.15) is 18.1 Å². The third-order valence-corrected chi connectivity index (χ3v) is 3.01. The summed E-state index contributed by atoms with van der Waals surface area (Å²) in [6, 6.07) is 7.60. The van der Waals surface area contributed by atoms with Gasteiger partial charge in [-0.1, -0.05) is 11.6 Å². The minimum absolute atomic E-state index is 0.0245. The van der Waals surface area contributed by atoms with E-state index in [9.17, 15) is 13.2 Å². The molecule has 2 aromatic rings. The second-order valence-corrected chi connectivity index (χ2v) is 4.52. The van der Waals surface area contributed by atoms with Gasteiger partial charge in [0.05, 0.1) is 23.4 Å². The van der Waals surface area contributed by atoms with Gasteiger partial charge < -0.3 is 9.47 Å². The minimum Gasteiger partial charge on any atom is -0.497 e. The summed E-state index contributed by atoms with van der Waals surface area (Å²) >= 11 is 5.79. The van der Waals surface area contributed by atoms with E-state index in [-0.39, 0.29) is 17.3 Å². The van der Waals surface area contributed by atoms with Crippen molar-refractivity contribution in [2.45, 2.75) is 12.8 Å². The molecule has 0 atom stereocenters. The second kappa shape index (κ2) is 6.22. The normalized spacial score (nSPS) is 11.3. The lowest BCUT2D eigenvalue weighted by atomic mass is 10.2. The Labute approximate surface area is 124 Å². The Balaban J connectivity index is 2.06. The second-order valence-electron chi connectivity index (χ2n) is 4.11. The summed E-state index contributed by atoms with van der Waals surface area (Å²) in [5.41, 5.74) is -0.652. The molecular formula is C14H11ClF3NO2. The fraction of sp³-hybridized carbons (Fsp3) is 0.214. The predicted molar refractivity (Wildman–Crippen MR) is 71.6 cm³/mol. The third-order valence-electron chi connectivity index (χ3n) is 2.68. The lowest BCUT2D eigenvalue weighted by Crippen LogP contribution is -2.07. The average Bonchev–Trinajstić information content (AvgIpc) is 2.45. The Bertz CT molecular complexity index is 615. The van der Waals surface area contributed by atoms with E-state index >= 15 is 0 Å². The minimum atomic E-state index is -4.47. The number of rotatable bonds is 4. The van der Waals surface area contributed by atoms with Crippen molar-refractivity contribution in [2.24, 2.45) is 0 Å². The molecule has 0 spiro atoms. The molecule has 0 fully saturated rings. The standard InChI is InChI=1S/C14H11ClF3NO2/c1-20-10-2-4-11(5-3-10)21-8-13-12(15)6-9(7-19-13)14(16,17)18/h2-7H,8H2,1H3. The quantitative estimate of drug-likeness (QED) is 0.840. The molecular weight excluding hydrogens is 307 g/mol. The lowest BCUT2D eigenvalue weighted by molar-refractivity contribution is -0.137. The van der Waals surface area contributed by atoms with Gasteiger partial charge in [0.15, 0.2) is 0 Å². The van der Waals surface area contributed by atoms with Gasteiger partial charge in [-0.15, -0.1) is 0 Å². The fourth-order valence-electron chi connectivity index (χ4n) is 1.55. The fourth-order valence-corrected chi connectivity index (χ4v) is 1.77. The predicted octanol–water partition coefficient (Wildman–Crippen LogP) is 4.34. The number of halogens is 4. The number of aromatic nitrogens is 1. The van der Waals surface area contributed by atoms with Gasteiger partial charge in [-0.2, -0.15) is 13.2 Å². The van der Waals surface area contributed by atoms with E-state index in [1.54, 1.807) is 31.4 Å². The molecule has 0 aliphatic rings. The Hall–Kier alpha value is -1.95. The zero-order chi connectivity index (χ0) is 15.5. The SMILES string of the molecule is COc1ccc(OCc2ncc(C(F)(F)F)cc2Cl)cc1. The van der Waals surface area contributed by atoms with Crippen LogP contribution in [-0.4, -0.2) is 12.1 Å². The van der Waals surface area contributed by atoms with Crippen molar-refractivity contribution >= 4 is 11.6 Å². The first-order valence-electron chi connectivity index (χ1n) is 5.88. The summed E-state index contributed by atoms with van der Waals surface area (Å²) in [7, 11) is 1.54. The molecule has 0 aliphatic carbocycles. The highest BCUT2D eigenvalue weighted by Crippen LogP contribution is 2.31. The Morgan fingerprint density at radius 3 is 2.29 bits per heavy atom. The molecule has 0 N–H and O–H groups in total. The van der Waals surface area contributed by atoms with Crippen LogP contribution < -0.4 is 9.47 Å². The topological polar surface area (TPSA) is 31.4 Å². The molecule has 0 aliphatic heterocycles. The molecule has 0 unspecified atom stereocenters. The molecule has 0 radical (unpaired) electrons. The number of alkyl halides is 3. The number of pyridine rings is 1. The monoisotopic (exact) mass is 317 g/mol. The number of hydrogen-bond acceptors (Lipinski definition) is 3. The Morgan fingerprint density at radius 1 is 1.14 bits per heavy atom. The number of methoxy groups -OCH3 is 1. The van der Waals surface area contributed by atoms with Crippen molar-refractivity contribution in [3.63, 3.8) is 0 Å². The Morgan fingerprint density at radius 2 is 1.76 bits per heavy atom.